The Hall–Kier alpha value is -2.14. The fraction of sp³-hybridized carbons (Fsp3) is 0.500. The monoisotopic (exact) mass is 339 g/mol. The maximum Gasteiger partial charge on any atom is 0.255 e. The topological polar surface area (TPSA) is 65.2 Å². The number of H-pyrrole nitrogens is 1. The van der Waals surface area contributed by atoms with Gasteiger partial charge in [0.1, 0.15) is 0 Å². The van der Waals surface area contributed by atoms with Gasteiger partial charge in [-0.05, 0) is 50.4 Å². The van der Waals surface area contributed by atoms with Crippen LogP contribution in [0.5, 0.6) is 0 Å². The number of anilines is 1. The zero-order valence-corrected chi connectivity index (χ0v) is 14.5. The van der Waals surface area contributed by atoms with Gasteiger partial charge in [-0.25, -0.2) is 0 Å². The van der Waals surface area contributed by atoms with Crippen molar-refractivity contribution in [1.29, 1.82) is 0 Å². The maximum atomic E-state index is 13.0. The van der Waals surface area contributed by atoms with Gasteiger partial charge in [-0.3, -0.25) is 14.5 Å². The van der Waals surface area contributed by atoms with E-state index in [2.05, 4.69) is 15.2 Å². The van der Waals surface area contributed by atoms with Crippen molar-refractivity contribution >= 4 is 22.4 Å². The molecular weight excluding hydrogens is 314 g/mol. The van der Waals surface area contributed by atoms with E-state index in [0.29, 0.717) is 11.4 Å². The Morgan fingerprint density at radius 2 is 1.84 bits per heavy atom. The van der Waals surface area contributed by atoms with Crippen LogP contribution in [-0.4, -0.2) is 34.4 Å². The molecule has 1 aliphatic heterocycles. The molecule has 132 valence electrons. The van der Waals surface area contributed by atoms with Gasteiger partial charge in [0.15, 0.2) is 0 Å². The van der Waals surface area contributed by atoms with Gasteiger partial charge in [0, 0.05) is 28.7 Å². The van der Waals surface area contributed by atoms with Crippen LogP contribution in [0.3, 0.4) is 0 Å². The first kappa shape index (κ1) is 16.3. The Balaban J connectivity index is 1.58. The number of aromatic amines is 1. The summed E-state index contributed by atoms with van der Waals surface area (Å²) in [7, 11) is 0. The lowest BCUT2D eigenvalue weighted by molar-refractivity contribution is -0.123. The molecule has 1 aromatic heterocycles. The van der Waals surface area contributed by atoms with E-state index in [0.717, 1.165) is 30.5 Å². The third-order valence-corrected chi connectivity index (χ3v) is 5.71. The van der Waals surface area contributed by atoms with Gasteiger partial charge < -0.3 is 10.3 Å². The molecule has 1 aliphatic carbocycles. The average Bonchev–Trinajstić information content (AvgIpc) is 3.17. The molecule has 1 saturated carbocycles. The van der Waals surface area contributed by atoms with Crippen molar-refractivity contribution < 1.29 is 4.79 Å². The van der Waals surface area contributed by atoms with E-state index in [9.17, 15) is 9.59 Å². The Morgan fingerprint density at radius 1 is 1.04 bits per heavy atom. The predicted octanol–water partition coefficient (Wildman–Crippen LogP) is 3.26. The minimum Gasteiger partial charge on any atom is -0.329 e. The van der Waals surface area contributed by atoms with Crippen molar-refractivity contribution in [2.24, 2.45) is 0 Å². The SMILES string of the molecule is O=C(Nc1cccc2c(=O)[nH]ccc12)C1CCCCN1C1CCCC1. The molecule has 0 spiro atoms. The zero-order chi connectivity index (χ0) is 17.2. The number of benzene rings is 1. The Labute approximate surface area is 147 Å². The van der Waals surface area contributed by atoms with Gasteiger partial charge in [-0.1, -0.05) is 25.3 Å². The van der Waals surface area contributed by atoms with E-state index in [4.69, 9.17) is 0 Å². The number of hydrogen-bond donors (Lipinski definition) is 2. The lowest BCUT2D eigenvalue weighted by Crippen LogP contribution is -2.51. The number of piperidine rings is 1. The van der Waals surface area contributed by atoms with Gasteiger partial charge in [-0.15, -0.1) is 0 Å². The van der Waals surface area contributed by atoms with E-state index in [-0.39, 0.29) is 17.5 Å². The molecule has 1 saturated heterocycles. The lowest BCUT2D eigenvalue weighted by atomic mass is 9.98. The van der Waals surface area contributed by atoms with E-state index in [1.54, 1.807) is 12.3 Å². The maximum absolute atomic E-state index is 13.0. The highest BCUT2D eigenvalue weighted by atomic mass is 16.2. The largest absolute Gasteiger partial charge is 0.329 e. The second kappa shape index (κ2) is 7.00. The Morgan fingerprint density at radius 3 is 2.68 bits per heavy atom. The number of likely N-dealkylation sites (tertiary alicyclic amines) is 1. The number of amides is 1. The van der Waals surface area contributed by atoms with Gasteiger partial charge >= 0.3 is 0 Å². The number of pyridine rings is 1. The number of carbonyl (C=O) groups is 1. The highest BCUT2D eigenvalue weighted by molar-refractivity contribution is 6.03. The molecule has 0 bridgehead atoms. The van der Waals surface area contributed by atoms with Crippen LogP contribution in [0.15, 0.2) is 35.3 Å². The van der Waals surface area contributed by atoms with Crippen LogP contribution in [0.1, 0.15) is 44.9 Å². The highest BCUT2D eigenvalue weighted by Gasteiger charge is 2.34. The van der Waals surface area contributed by atoms with Crippen molar-refractivity contribution in [1.82, 2.24) is 9.88 Å². The number of nitrogens with zero attached hydrogens (tertiary/aromatic N) is 1. The van der Waals surface area contributed by atoms with E-state index < -0.39 is 0 Å². The molecule has 2 heterocycles. The first-order valence-corrected chi connectivity index (χ1v) is 9.41. The van der Waals surface area contributed by atoms with Crippen LogP contribution in [-0.2, 0) is 4.79 Å². The summed E-state index contributed by atoms with van der Waals surface area (Å²) in [5.41, 5.74) is 0.601. The van der Waals surface area contributed by atoms with Crippen molar-refractivity contribution in [3.05, 3.63) is 40.8 Å². The summed E-state index contributed by atoms with van der Waals surface area (Å²) in [6.45, 7) is 1.03. The minimum atomic E-state index is -0.126. The molecule has 2 N–H and O–H groups in total. The first-order valence-electron chi connectivity index (χ1n) is 9.41. The molecule has 1 unspecified atom stereocenters. The number of hydrogen-bond acceptors (Lipinski definition) is 3. The van der Waals surface area contributed by atoms with Crippen LogP contribution in [0, 0.1) is 0 Å². The molecule has 2 aliphatic rings. The van der Waals surface area contributed by atoms with Crippen LogP contribution in [0.25, 0.3) is 10.8 Å². The summed E-state index contributed by atoms with van der Waals surface area (Å²) in [6.07, 6.45) is 9.84. The highest BCUT2D eigenvalue weighted by Crippen LogP contribution is 2.30. The van der Waals surface area contributed by atoms with Crippen LogP contribution in [0.2, 0.25) is 0 Å². The molecule has 5 nitrogen and oxygen atoms in total. The summed E-state index contributed by atoms with van der Waals surface area (Å²) >= 11 is 0. The minimum absolute atomic E-state index is 0.0471. The number of nitrogens with one attached hydrogen (secondary N) is 2. The van der Waals surface area contributed by atoms with E-state index in [1.165, 1.54) is 32.1 Å². The fourth-order valence-electron chi connectivity index (χ4n) is 4.45. The fourth-order valence-corrected chi connectivity index (χ4v) is 4.45. The summed E-state index contributed by atoms with van der Waals surface area (Å²) < 4.78 is 0. The third kappa shape index (κ3) is 3.21. The summed E-state index contributed by atoms with van der Waals surface area (Å²) in [5.74, 6) is 0.0689. The summed E-state index contributed by atoms with van der Waals surface area (Å²) in [6, 6.07) is 7.85. The third-order valence-electron chi connectivity index (χ3n) is 5.71. The van der Waals surface area contributed by atoms with E-state index in [1.807, 2.05) is 18.2 Å². The Bertz CT molecular complexity index is 823. The predicted molar refractivity (Wildman–Crippen MR) is 99.8 cm³/mol. The van der Waals surface area contributed by atoms with Gasteiger partial charge in [0.2, 0.25) is 5.91 Å². The molecule has 2 aromatic rings. The smallest absolute Gasteiger partial charge is 0.255 e. The number of aromatic nitrogens is 1. The van der Waals surface area contributed by atoms with Gasteiger partial charge in [-0.2, -0.15) is 0 Å². The van der Waals surface area contributed by atoms with Crippen molar-refractivity contribution in [2.45, 2.75) is 57.0 Å². The quantitative estimate of drug-likeness (QED) is 0.902. The molecule has 0 radical (unpaired) electrons. The second-order valence-corrected chi connectivity index (χ2v) is 7.25. The number of rotatable bonds is 3. The normalized spacial score (nSPS) is 22.3. The molecular formula is C20H25N3O2. The zero-order valence-electron chi connectivity index (χ0n) is 14.5. The van der Waals surface area contributed by atoms with Crippen molar-refractivity contribution in [2.75, 3.05) is 11.9 Å². The molecule has 1 amide bonds. The molecule has 1 atom stereocenters. The Kier molecular flexibility index (Phi) is 4.57. The average molecular weight is 339 g/mol. The van der Waals surface area contributed by atoms with Crippen LogP contribution in [0.4, 0.5) is 5.69 Å². The van der Waals surface area contributed by atoms with Gasteiger partial charge in [0.05, 0.1) is 6.04 Å². The molecule has 1 aromatic carbocycles. The molecule has 4 rings (SSSR count). The standard InChI is InChI=1S/C20H25N3O2/c24-19-16-8-5-9-17(15(16)11-12-21-19)22-20(25)18-10-3-4-13-23(18)14-6-1-2-7-14/h5,8-9,11-12,14,18H,1-4,6-7,10,13H2,(H,21,24)(H,22,25). The first-order chi connectivity index (χ1) is 12.2. The number of fused-ring (bicyclic) bond motifs is 1. The van der Waals surface area contributed by atoms with Crippen LogP contribution < -0.4 is 10.9 Å². The molecule has 5 heteroatoms. The lowest BCUT2D eigenvalue weighted by Gasteiger charge is -2.39. The summed E-state index contributed by atoms with van der Waals surface area (Å²) in [5, 5.41) is 4.50. The molecule has 2 fully saturated rings. The van der Waals surface area contributed by atoms with Gasteiger partial charge in [0.25, 0.3) is 5.56 Å². The van der Waals surface area contributed by atoms with E-state index >= 15 is 0 Å². The summed E-state index contributed by atoms with van der Waals surface area (Å²) in [4.78, 5) is 30.1. The number of carbonyl (C=O) groups excluding carboxylic acids is 1. The van der Waals surface area contributed by atoms with Crippen molar-refractivity contribution in [3.63, 3.8) is 0 Å². The van der Waals surface area contributed by atoms with Crippen LogP contribution >= 0.6 is 0 Å². The second-order valence-electron chi connectivity index (χ2n) is 7.25. The van der Waals surface area contributed by atoms with Crippen molar-refractivity contribution in [3.8, 4) is 0 Å². The molecule has 25 heavy (non-hydrogen) atoms.